The summed E-state index contributed by atoms with van der Waals surface area (Å²) in [5.74, 6) is -1.52. The molecule has 1 saturated carbocycles. The van der Waals surface area contributed by atoms with E-state index in [1.165, 1.54) is 0 Å². The van der Waals surface area contributed by atoms with Gasteiger partial charge >= 0.3 is 12.0 Å². The summed E-state index contributed by atoms with van der Waals surface area (Å²) in [6, 6.07) is -0.570. The van der Waals surface area contributed by atoms with Crippen LogP contribution in [0.25, 0.3) is 0 Å². The number of primary amides is 1. The zero-order valence-electron chi connectivity index (χ0n) is 10.6. The second-order valence-electron chi connectivity index (χ2n) is 5.29. The van der Waals surface area contributed by atoms with Gasteiger partial charge in [0.1, 0.15) is 13.1 Å². The molecule has 1 unspecified atom stereocenters. The van der Waals surface area contributed by atoms with E-state index in [4.69, 9.17) is 10.8 Å². The summed E-state index contributed by atoms with van der Waals surface area (Å²) in [5.41, 5.74) is 5.20. The monoisotopic (exact) mass is 257 g/mol. The molecule has 18 heavy (non-hydrogen) atoms. The molecule has 0 radical (unpaired) electrons. The van der Waals surface area contributed by atoms with Gasteiger partial charge in [0.2, 0.25) is 5.91 Å². The van der Waals surface area contributed by atoms with Crippen molar-refractivity contribution < 1.29 is 19.5 Å². The van der Waals surface area contributed by atoms with Crippen LogP contribution in [0.4, 0.5) is 4.79 Å². The molecule has 0 aromatic rings. The van der Waals surface area contributed by atoms with Gasteiger partial charge in [-0.3, -0.25) is 9.59 Å². The van der Waals surface area contributed by atoms with Gasteiger partial charge in [0.25, 0.3) is 0 Å². The number of urea groups is 1. The molecule has 7 heteroatoms. The van der Waals surface area contributed by atoms with Crippen molar-refractivity contribution in [2.75, 3.05) is 19.6 Å². The van der Waals surface area contributed by atoms with Crippen LogP contribution >= 0.6 is 0 Å². The fraction of sp³-hybridized carbons (Fsp3) is 0.727. The minimum absolute atomic E-state index is 0.231. The van der Waals surface area contributed by atoms with Crippen molar-refractivity contribution in [3.8, 4) is 0 Å². The topological polar surface area (TPSA) is 113 Å². The zero-order chi connectivity index (χ0) is 13.9. The lowest BCUT2D eigenvalue weighted by Crippen LogP contribution is -2.47. The van der Waals surface area contributed by atoms with Crippen LogP contribution < -0.4 is 11.1 Å². The Hall–Kier alpha value is -1.79. The number of nitrogens with one attached hydrogen (secondary N) is 1. The van der Waals surface area contributed by atoms with Crippen LogP contribution in [0.5, 0.6) is 0 Å². The van der Waals surface area contributed by atoms with Gasteiger partial charge in [-0.05, 0) is 17.8 Å². The number of aliphatic carboxylic acids is 1. The maximum atomic E-state index is 11.7. The van der Waals surface area contributed by atoms with Gasteiger partial charge < -0.3 is 21.1 Å². The van der Waals surface area contributed by atoms with Crippen molar-refractivity contribution in [1.82, 2.24) is 10.2 Å². The lowest BCUT2D eigenvalue weighted by Gasteiger charge is -2.19. The number of carbonyl (C=O) groups is 3. The van der Waals surface area contributed by atoms with Crippen LogP contribution in [0, 0.1) is 11.3 Å². The lowest BCUT2D eigenvalue weighted by molar-refractivity contribution is -0.137. The maximum absolute atomic E-state index is 11.7. The van der Waals surface area contributed by atoms with Crippen molar-refractivity contribution >= 4 is 17.9 Å². The molecule has 0 aromatic heterocycles. The Kier molecular flexibility index (Phi) is 4.15. The maximum Gasteiger partial charge on any atom is 0.323 e. The minimum Gasteiger partial charge on any atom is -0.480 e. The van der Waals surface area contributed by atoms with Crippen molar-refractivity contribution in [3.05, 3.63) is 0 Å². The number of carboxylic acids is 1. The molecule has 3 amide bonds. The second-order valence-corrected chi connectivity index (χ2v) is 5.29. The van der Waals surface area contributed by atoms with Crippen molar-refractivity contribution in [3.63, 3.8) is 0 Å². The van der Waals surface area contributed by atoms with Gasteiger partial charge in [-0.2, -0.15) is 0 Å². The minimum atomic E-state index is -1.18. The number of rotatable bonds is 6. The Morgan fingerprint density at radius 1 is 1.39 bits per heavy atom. The molecule has 1 aliphatic carbocycles. The summed E-state index contributed by atoms with van der Waals surface area (Å²) in [4.78, 5) is 33.9. The van der Waals surface area contributed by atoms with Gasteiger partial charge in [-0.25, -0.2) is 4.79 Å². The van der Waals surface area contributed by atoms with E-state index in [1.807, 2.05) is 0 Å². The van der Waals surface area contributed by atoms with Crippen LogP contribution in [0.2, 0.25) is 0 Å². The largest absolute Gasteiger partial charge is 0.480 e. The highest BCUT2D eigenvalue weighted by molar-refractivity contribution is 5.85. The number of nitrogens with two attached hydrogens (primary N) is 1. The molecule has 102 valence electrons. The summed E-state index contributed by atoms with van der Waals surface area (Å²) in [5, 5.41) is 11.3. The van der Waals surface area contributed by atoms with E-state index in [0.717, 1.165) is 11.3 Å². The smallest absolute Gasteiger partial charge is 0.323 e. The number of hydrogen-bond donors (Lipinski definition) is 3. The number of carboxylic acid groups (broad SMARTS) is 1. The predicted molar refractivity (Wildman–Crippen MR) is 63.7 cm³/mol. The molecule has 0 heterocycles. The molecule has 0 spiro atoms. The van der Waals surface area contributed by atoms with Crippen molar-refractivity contribution in [2.24, 2.45) is 17.1 Å². The lowest BCUT2D eigenvalue weighted by atomic mass is 10.1. The Labute approximate surface area is 105 Å². The third-order valence-corrected chi connectivity index (χ3v) is 3.18. The first-order valence-electron chi connectivity index (χ1n) is 5.75. The Balaban J connectivity index is 2.43. The molecule has 0 bridgehead atoms. The first kappa shape index (κ1) is 14.3. The highest BCUT2D eigenvalue weighted by Crippen LogP contribution is 2.50. The van der Waals surface area contributed by atoms with E-state index in [-0.39, 0.29) is 5.41 Å². The third kappa shape index (κ3) is 4.23. The first-order chi connectivity index (χ1) is 8.22. The van der Waals surface area contributed by atoms with Gasteiger partial charge in [-0.1, -0.05) is 13.8 Å². The summed E-state index contributed by atoms with van der Waals surface area (Å²) in [7, 11) is 0. The Morgan fingerprint density at radius 3 is 2.33 bits per heavy atom. The molecular weight excluding hydrogens is 238 g/mol. The van der Waals surface area contributed by atoms with E-state index in [1.54, 1.807) is 0 Å². The molecule has 0 aliphatic heterocycles. The van der Waals surface area contributed by atoms with Crippen LogP contribution in [0.15, 0.2) is 0 Å². The molecular formula is C11H19N3O4. The van der Waals surface area contributed by atoms with E-state index in [2.05, 4.69) is 19.2 Å². The Morgan fingerprint density at radius 2 is 1.94 bits per heavy atom. The van der Waals surface area contributed by atoms with Crippen molar-refractivity contribution in [2.45, 2.75) is 20.3 Å². The van der Waals surface area contributed by atoms with Crippen LogP contribution in [-0.4, -0.2) is 47.5 Å². The normalized spacial score (nSPS) is 20.0. The highest BCUT2D eigenvalue weighted by atomic mass is 16.4. The summed E-state index contributed by atoms with van der Waals surface area (Å²) in [6.07, 6.45) is 1.03. The van der Waals surface area contributed by atoms with E-state index in [9.17, 15) is 14.4 Å². The fourth-order valence-electron chi connectivity index (χ4n) is 1.80. The third-order valence-electron chi connectivity index (χ3n) is 3.18. The quantitative estimate of drug-likeness (QED) is 0.601. The molecule has 1 rings (SSSR count). The van der Waals surface area contributed by atoms with E-state index >= 15 is 0 Å². The van der Waals surface area contributed by atoms with Crippen molar-refractivity contribution in [1.29, 1.82) is 0 Å². The van der Waals surface area contributed by atoms with E-state index in [0.29, 0.717) is 12.5 Å². The molecule has 1 aliphatic rings. The summed E-state index contributed by atoms with van der Waals surface area (Å²) < 4.78 is 0. The average molecular weight is 257 g/mol. The molecule has 0 aromatic carbocycles. The molecule has 7 nitrogen and oxygen atoms in total. The second kappa shape index (κ2) is 5.24. The predicted octanol–water partition coefficient (Wildman–Crippen LogP) is -0.386. The van der Waals surface area contributed by atoms with Gasteiger partial charge in [0, 0.05) is 6.54 Å². The standard InChI is InChI=1S/C11H19N3O4/c1-11(2)3-7(11)4-13-10(18)14(5-8(12)15)6-9(16)17/h7H,3-6H2,1-2H3,(H2,12,15)(H,13,18)(H,16,17). The van der Waals surface area contributed by atoms with Gasteiger partial charge in [0.15, 0.2) is 0 Å². The number of hydrogen-bond acceptors (Lipinski definition) is 3. The SMILES string of the molecule is CC1(C)CC1CNC(=O)N(CC(N)=O)CC(=O)O. The van der Waals surface area contributed by atoms with Crippen LogP contribution in [0.1, 0.15) is 20.3 Å². The van der Waals surface area contributed by atoms with Gasteiger partial charge in [-0.15, -0.1) is 0 Å². The molecule has 1 atom stereocenters. The number of carbonyl (C=O) groups excluding carboxylic acids is 2. The van der Waals surface area contributed by atoms with E-state index < -0.39 is 31.0 Å². The van der Waals surface area contributed by atoms with Crippen LogP contribution in [0.3, 0.4) is 0 Å². The summed E-state index contributed by atoms with van der Waals surface area (Å²) in [6.45, 7) is 3.75. The number of amides is 3. The molecule has 4 N–H and O–H groups in total. The molecule has 0 saturated heterocycles. The Bertz CT molecular complexity index is 351. The summed E-state index contributed by atoms with van der Waals surface area (Å²) >= 11 is 0. The fourth-order valence-corrected chi connectivity index (χ4v) is 1.80. The number of nitrogens with zero attached hydrogens (tertiary/aromatic N) is 1. The average Bonchev–Trinajstić information content (AvgIpc) is 2.80. The molecule has 1 fully saturated rings. The van der Waals surface area contributed by atoms with Crippen LogP contribution in [-0.2, 0) is 9.59 Å². The zero-order valence-corrected chi connectivity index (χ0v) is 10.6. The highest BCUT2D eigenvalue weighted by Gasteiger charge is 2.45. The first-order valence-corrected chi connectivity index (χ1v) is 5.75. The van der Waals surface area contributed by atoms with Gasteiger partial charge in [0.05, 0.1) is 0 Å².